The molecular weight excluding hydrogens is 292 g/mol. The lowest BCUT2D eigenvalue weighted by molar-refractivity contribution is 0.170. The molecule has 1 aliphatic rings. The number of ether oxygens (including phenoxy) is 3. The maximum absolute atomic E-state index is 10.5. The first kappa shape index (κ1) is 14.0. The lowest BCUT2D eigenvalue weighted by Crippen LogP contribution is -2.16. The van der Waals surface area contributed by atoms with E-state index in [9.17, 15) is 5.11 Å². The van der Waals surface area contributed by atoms with E-state index in [0.717, 1.165) is 11.3 Å². The van der Waals surface area contributed by atoms with Gasteiger partial charge in [0.15, 0.2) is 11.5 Å². The van der Waals surface area contributed by atoms with Crippen LogP contribution in [0.1, 0.15) is 17.2 Å². The second kappa shape index (κ2) is 5.84. The second-order valence-electron chi connectivity index (χ2n) is 4.70. The van der Waals surface area contributed by atoms with Crippen molar-refractivity contribution in [3.05, 3.63) is 52.5 Å². The molecule has 1 atom stereocenters. The van der Waals surface area contributed by atoms with Gasteiger partial charge in [-0.2, -0.15) is 0 Å². The summed E-state index contributed by atoms with van der Waals surface area (Å²) in [7, 11) is 1.60. The van der Waals surface area contributed by atoms with Crippen molar-refractivity contribution in [2.45, 2.75) is 6.10 Å². The van der Waals surface area contributed by atoms with Crippen LogP contribution in [0.25, 0.3) is 0 Å². The van der Waals surface area contributed by atoms with Crippen molar-refractivity contribution in [3.8, 4) is 17.2 Å². The normalized spacial score (nSPS) is 14.6. The van der Waals surface area contributed by atoms with Gasteiger partial charge >= 0.3 is 0 Å². The van der Waals surface area contributed by atoms with E-state index in [0.29, 0.717) is 35.3 Å². The van der Waals surface area contributed by atoms with Gasteiger partial charge in [-0.25, -0.2) is 0 Å². The average molecular weight is 307 g/mol. The molecule has 0 aromatic heterocycles. The minimum absolute atomic E-state index is 0.440. The maximum atomic E-state index is 10.5. The highest BCUT2D eigenvalue weighted by atomic mass is 35.5. The molecule has 1 unspecified atom stereocenters. The standard InChI is InChI=1S/C16H15ClO4/c1-19-12-4-2-10(3-5-12)15(18)11-8-13(17)16-14(9-11)20-6-7-21-16/h2-5,8-9,15,18H,6-7H2,1H3. The Morgan fingerprint density at radius 1 is 1.10 bits per heavy atom. The predicted molar refractivity (Wildman–Crippen MR) is 79.5 cm³/mol. The number of methoxy groups -OCH3 is 1. The minimum Gasteiger partial charge on any atom is -0.497 e. The summed E-state index contributed by atoms with van der Waals surface area (Å²) in [5, 5.41) is 10.9. The Morgan fingerprint density at radius 2 is 1.81 bits per heavy atom. The van der Waals surface area contributed by atoms with Crippen LogP contribution in [0.2, 0.25) is 5.02 Å². The molecule has 4 nitrogen and oxygen atoms in total. The summed E-state index contributed by atoms with van der Waals surface area (Å²) in [6, 6.07) is 10.7. The van der Waals surface area contributed by atoms with Crippen LogP contribution in [0.4, 0.5) is 0 Å². The van der Waals surface area contributed by atoms with Crippen LogP contribution in [0, 0.1) is 0 Å². The Hall–Kier alpha value is -1.91. The lowest BCUT2D eigenvalue weighted by atomic mass is 10.0. The van der Waals surface area contributed by atoms with Crippen molar-refractivity contribution in [2.75, 3.05) is 20.3 Å². The Bertz CT molecular complexity index is 639. The molecule has 1 heterocycles. The summed E-state index contributed by atoms with van der Waals surface area (Å²) in [6.45, 7) is 0.957. The van der Waals surface area contributed by atoms with E-state index in [4.69, 9.17) is 25.8 Å². The number of benzene rings is 2. The molecule has 0 spiro atoms. The Labute approximate surface area is 127 Å². The Kier molecular flexibility index (Phi) is 3.90. The molecule has 0 amide bonds. The second-order valence-corrected chi connectivity index (χ2v) is 5.11. The van der Waals surface area contributed by atoms with Gasteiger partial charge in [0, 0.05) is 0 Å². The van der Waals surface area contributed by atoms with E-state index >= 15 is 0 Å². The SMILES string of the molecule is COc1ccc(C(O)c2cc(Cl)c3c(c2)OCCO3)cc1. The molecule has 2 aromatic rings. The van der Waals surface area contributed by atoms with Gasteiger partial charge in [0.05, 0.1) is 12.1 Å². The molecule has 0 radical (unpaired) electrons. The van der Waals surface area contributed by atoms with Gasteiger partial charge in [-0.1, -0.05) is 23.7 Å². The molecular formula is C16H15ClO4. The first-order valence-electron chi connectivity index (χ1n) is 6.60. The van der Waals surface area contributed by atoms with Gasteiger partial charge in [0.1, 0.15) is 25.1 Å². The smallest absolute Gasteiger partial charge is 0.179 e. The number of hydrogen-bond donors (Lipinski definition) is 1. The third kappa shape index (κ3) is 2.77. The molecule has 21 heavy (non-hydrogen) atoms. The zero-order valence-electron chi connectivity index (χ0n) is 11.5. The highest BCUT2D eigenvalue weighted by Gasteiger charge is 2.20. The Morgan fingerprint density at radius 3 is 2.52 bits per heavy atom. The quantitative estimate of drug-likeness (QED) is 0.946. The van der Waals surface area contributed by atoms with Gasteiger partial charge in [0.25, 0.3) is 0 Å². The summed E-state index contributed by atoms with van der Waals surface area (Å²) in [6.07, 6.45) is -0.788. The van der Waals surface area contributed by atoms with Crippen molar-refractivity contribution in [3.63, 3.8) is 0 Å². The molecule has 2 aromatic carbocycles. The van der Waals surface area contributed by atoms with Crippen molar-refractivity contribution in [1.82, 2.24) is 0 Å². The number of aliphatic hydroxyl groups is 1. The van der Waals surface area contributed by atoms with Crippen LogP contribution in [0.5, 0.6) is 17.2 Å². The highest BCUT2D eigenvalue weighted by molar-refractivity contribution is 6.32. The number of rotatable bonds is 3. The third-order valence-electron chi connectivity index (χ3n) is 3.37. The molecule has 0 bridgehead atoms. The maximum Gasteiger partial charge on any atom is 0.179 e. The highest BCUT2D eigenvalue weighted by Crippen LogP contribution is 2.40. The molecule has 0 aliphatic carbocycles. The average Bonchev–Trinajstić information content (AvgIpc) is 2.54. The van der Waals surface area contributed by atoms with E-state index < -0.39 is 6.10 Å². The van der Waals surface area contributed by atoms with E-state index in [-0.39, 0.29) is 0 Å². The summed E-state index contributed by atoms with van der Waals surface area (Å²) in [4.78, 5) is 0. The number of halogens is 1. The fourth-order valence-corrected chi connectivity index (χ4v) is 2.54. The van der Waals surface area contributed by atoms with Gasteiger partial charge in [-0.3, -0.25) is 0 Å². The van der Waals surface area contributed by atoms with Crippen LogP contribution < -0.4 is 14.2 Å². The number of fused-ring (bicyclic) bond motifs is 1. The van der Waals surface area contributed by atoms with Crippen LogP contribution >= 0.6 is 11.6 Å². The molecule has 1 N–H and O–H groups in total. The van der Waals surface area contributed by atoms with Crippen LogP contribution in [-0.2, 0) is 0 Å². The lowest BCUT2D eigenvalue weighted by Gasteiger charge is -2.21. The Balaban J connectivity index is 1.93. The molecule has 1 aliphatic heterocycles. The van der Waals surface area contributed by atoms with E-state index in [1.165, 1.54) is 0 Å². The van der Waals surface area contributed by atoms with Crippen molar-refractivity contribution >= 4 is 11.6 Å². The fraction of sp³-hybridized carbons (Fsp3) is 0.250. The molecule has 0 saturated carbocycles. The summed E-state index contributed by atoms with van der Waals surface area (Å²) in [5.74, 6) is 1.84. The van der Waals surface area contributed by atoms with Crippen molar-refractivity contribution in [2.24, 2.45) is 0 Å². The van der Waals surface area contributed by atoms with Crippen LogP contribution in [0.15, 0.2) is 36.4 Å². The van der Waals surface area contributed by atoms with Crippen molar-refractivity contribution in [1.29, 1.82) is 0 Å². The summed E-state index contributed by atoms with van der Waals surface area (Å²) >= 11 is 6.19. The van der Waals surface area contributed by atoms with Gasteiger partial charge < -0.3 is 19.3 Å². The summed E-state index contributed by atoms with van der Waals surface area (Å²) < 4.78 is 16.1. The van der Waals surface area contributed by atoms with E-state index in [2.05, 4.69) is 0 Å². The molecule has 3 rings (SSSR count). The first-order valence-corrected chi connectivity index (χ1v) is 6.98. The van der Waals surface area contributed by atoms with E-state index in [1.807, 2.05) is 12.1 Å². The molecule has 110 valence electrons. The van der Waals surface area contributed by atoms with Gasteiger partial charge in [-0.15, -0.1) is 0 Å². The third-order valence-corrected chi connectivity index (χ3v) is 3.65. The van der Waals surface area contributed by atoms with Crippen LogP contribution in [-0.4, -0.2) is 25.4 Å². The number of aliphatic hydroxyl groups excluding tert-OH is 1. The van der Waals surface area contributed by atoms with Gasteiger partial charge in [-0.05, 0) is 35.4 Å². The minimum atomic E-state index is -0.788. The zero-order valence-corrected chi connectivity index (χ0v) is 12.3. The molecule has 0 fully saturated rings. The van der Waals surface area contributed by atoms with Gasteiger partial charge in [0.2, 0.25) is 0 Å². The first-order chi connectivity index (χ1) is 10.2. The molecule has 5 heteroatoms. The van der Waals surface area contributed by atoms with Crippen molar-refractivity contribution < 1.29 is 19.3 Å². The monoisotopic (exact) mass is 306 g/mol. The van der Waals surface area contributed by atoms with Crippen LogP contribution in [0.3, 0.4) is 0 Å². The fourth-order valence-electron chi connectivity index (χ4n) is 2.27. The number of hydrogen-bond acceptors (Lipinski definition) is 4. The predicted octanol–water partition coefficient (Wildman–Crippen LogP) is 3.20. The summed E-state index contributed by atoms with van der Waals surface area (Å²) in [5.41, 5.74) is 1.41. The largest absolute Gasteiger partial charge is 0.497 e. The zero-order chi connectivity index (χ0) is 14.8. The van der Waals surface area contributed by atoms with E-state index in [1.54, 1.807) is 31.4 Å². The molecule has 0 saturated heterocycles. The topological polar surface area (TPSA) is 47.9 Å².